The molecule has 2 rings (SSSR count). The number of halogens is 2. The smallest absolute Gasteiger partial charge is 0.319 e. The number of nitrogens with one attached hydrogen (secondary N) is 1. The molecule has 0 atom stereocenters. The van der Waals surface area contributed by atoms with Gasteiger partial charge in [0.05, 0.1) is 10.0 Å². The number of amides is 1. The van der Waals surface area contributed by atoms with Gasteiger partial charge < -0.3 is 15.2 Å². The van der Waals surface area contributed by atoms with Crippen LogP contribution in [0.3, 0.4) is 0 Å². The Labute approximate surface area is 131 Å². The van der Waals surface area contributed by atoms with Crippen LogP contribution in [-0.4, -0.2) is 35.2 Å². The Morgan fingerprint density at radius 1 is 1.29 bits per heavy atom. The summed E-state index contributed by atoms with van der Waals surface area (Å²) in [6, 6.07) is 0. The van der Waals surface area contributed by atoms with Gasteiger partial charge in [0.1, 0.15) is 0 Å². The van der Waals surface area contributed by atoms with Crippen molar-refractivity contribution in [2.45, 2.75) is 19.4 Å². The predicted octanol–water partition coefficient (Wildman–Crippen LogP) is 1.89. The molecule has 2 N–H and O–H groups in total. The molecular weight excluding hydrogens is 319 g/mol. The van der Waals surface area contributed by atoms with Crippen LogP contribution in [0.1, 0.15) is 18.4 Å². The average Bonchev–Trinajstić information content (AvgIpc) is 2.47. The topological polar surface area (TPSA) is 88.5 Å². The number of aromatic nitrogens is 1. The van der Waals surface area contributed by atoms with Gasteiger partial charge in [0, 0.05) is 37.7 Å². The fraction of sp³-hybridized carbons (Fsp3) is 0.462. The Bertz CT molecular complexity index is 539. The normalized spacial score (nSPS) is 17.2. The van der Waals surface area contributed by atoms with Gasteiger partial charge in [-0.2, -0.15) is 0 Å². The quantitative estimate of drug-likeness (QED) is 0.822. The third kappa shape index (κ3) is 3.28. The van der Waals surface area contributed by atoms with E-state index in [9.17, 15) is 14.7 Å². The standard InChI is InChI=1S/C13H14Cl2N2O4/c14-9-6-16-7-10(15)8(9)5-17-11(18)13(12(19)20)1-3-21-4-2-13/h6-7H,1-5H2,(H,17,18)(H,19,20). The Morgan fingerprint density at radius 2 is 1.86 bits per heavy atom. The third-order valence-corrected chi connectivity index (χ3v) is 4.22. The number of carboxylic acid groups (broad SMARTS) is 1. The molecule has 6 nitrogen and oxygen atoms in total. The van der Waals surface area contributed by atoms with Gasteiger partial charge in [0.15, 0.2) is 5.41 Å². The van der Waals surface area contributed by atoms with E-state index >= 15 is 0 Å². The van der Waals surface area contributed by atoms with E-state index in [2.05, 4.69) is 10.3 Å². The lowest BCUT2D eigenvalue weighted by Crippen LogP contribution is -2.49. The van der Waals surface area contributed by atoms with Crippen molar-refractivity contribution in [2.75, 3.05) is 13.2 Å². The van der Waals surface area contributed by atoms with Crippen molar-refractivity contribution >= 4 is 35.1 Å². The van der Waals surface area contributed by atoms with Gasteiger partial charge in [-0.05, 0) is 12.8 Å². The molecule has 1 aromatic heterocycles. The number of hydrogen-bond acceptors (Lipinski definition) is 4. The van der Waals surface area contributed by atoms with Crippen LogP contribution in [0.15, 0.2) is 12.4 Å². The van der Waals surface area contributed by atoms with Crippen LogP contribution in [0.25, 0.3) is 0 Å². The molecule has 8 heteroatoms. The molecule has 1 fully saturated rings. The van der Waals surface area contributed by atoms with Crippen LogP contribution in [0.4, 0.5) is 0 Å². The maximum Gasteiger partial charge on any atom is 0.319 e. The molecule has 114 valence electrons. The van der Waals surface area contributed by atoms with Crippen LogP contribution in [0.5, 0.6) is 0 Å². The van der Waals surface area contributed by atoms with Gasteiger partial charge in [-0.15, -0.1) is 0 Å². The number of aliphatic carboxylic acids is 1. The first-order chi connectivity index (χ1) is 9.97. The Morgan fingerprint density at radius 3 is 2.38 bits per heavy atom. The van der Waals surface area contributed by atoms with Crippen molar-refractivity contribution in [3.63, 3.8) is 0 Å². The van der Waals surface area contributed by atoms with Crippen LogP contribution in [0, 0.1) is 5.41 Å². The third-order valence-electron chi connectivity index (χ3n) is 3.57. The lowest BCUT2D eigenvalue weighted by atomic mass is 9.79. The molecule has 0 bridgehead atoms. The summed E-state index contributed by atoms with van der Waals surface area (Å²) in [6.07, 6.45) is 3.12. The minimum absolute atomic E-state index is 0.0505. The molecule has 1 aromatic rings. The number of carbonyl (C=O) groups excluding carboxylic acids is 1. The average molecular weight is 333 g/mol. The number of rotatable bonds is 4. The molecule has 1 amide bonds. The second-order valence-corrected chi connectivity index (χ2v) is 5.58. The van der Waals surface area contributed by atoms with Crippen LogP contribution in [-0.2, 0) is 20.9 Å². The number of hydrogen-bond donors (Lipinski definition) is 2. The van der Waals surface area contributed by atoms with Crippen molar-refractivity contribution in [1.29, 1.82) is 0 Å². The maximum atomic E-state index is 12.3. The fourth-order valence-electron chi connectivity index (χ4n) is 2.20. The zero-order valence-electron chi connectivity index (χ0n) is 11.1. The van der Waals surface area contributed by atoms with Gasteiger partial charge in [0.25, 0.3) is 0 Å². The summed E-state index contributed by atoms with van der Waals surface area (Å²) in [5.41, 5.74) is -0.946. The first kappa shape index (κ1) is 16.0. The molecule has 0 aromatic carbocycles. The highest BCUT2D eigenvalue weighted by Gasteiger charge is 2.47. The lowest BCUT2D eigenvalue weighted by molar-refractivity contribution is -0.162. The predicted molar refractivity (Wildman–Crippen MR) is 76.2 cm³/mol. The zero-order chi connectivity index (χ0) is 15.5. The monoisotopic (exact) mass is 332 g/mol. The fourth-order valence-corrected chi connectivity index (χ4v) is 2.70. The van der Waals surface area contributed by atoms with Gasteiger partial charge in [-0.3, -0.25) is 14.6 Å². The number of ether oxygens (including phenoxy) is 1. The van der Waals surface area contributed by atoms with Crippen LogP contribution >= 0.6 is 23.2 Å². The van der Waals surface area contributed by atoms with Crippen molar-refractivity contribution in [3.8, 4) is 0 Å². The first-order valence-corrected chi connectivity index (χ1v) is 7.10. The summed E-state index contributed by atoms with van der Waals surface area (Å²) in [5.74, 6) is -1.70. The molecule has 1 aliphatic heterocycles. The molecule has 0 aliphatic carbocycles. The van der Waals surface area contributed by atoms with Crippen molar-refractivity contribution < 1.29 is 19.4 Å². The molecule has 1 aliphatic rings. The minimum atomic E-state index is -1.45. The number of nitrogens with zero attached hydrogens (tertiary/aromatic N) is 1. The van der Waals surface area contributed by atoms with Crippen molar-refractivity contribution in [2.24, 2.45) is 5.41 Å². The molecule has 0 saturated carbocycles. The summed E-state index contributed by atoms with van der Waals surface area (Å²) < 4.78 is 5.13. The molecule has 2 heterocycles. The largest absolute Gasteiger partial charge is 0.480 e. The Hall–Kier alpha value is -1.37. The molecular formula is C13H14Cl2N2O4. The number of carboxylic acids is 1. The van der Waals surface area contributed by atoms with Gasteiger partial charge in [0.2, 0.25) is 5.91 Å². The second-order valence-electron chi connectivity index (χ2n) is 4.76. The van der Waals surface area contributed by atoms with Crippen LogP contribution < -0.4 is 5.32 Å². The zero-order valence-corrected chi connectivity index (χ0v) is 12.6. The van der Waals surface area contributed by atoms with E-state index in [1.165, 1.54) is 12.4 Å². The van der Waals surface area contributed by atoms with Crippen molar-refractivity contribution in [3.05, 3.63) is 28.0 Å². The highest BCUT2D eigenvalue weighted by Crippen LogP contribution is 2.31. The van der Waals surface area contributed by atoms with E-state index in [1.54, 1.807) is 0 Å². The van der Waals surface area contributed by atoms with Gasteiger partial charge in [-0.1, -0.05) is 23.2 Å². The molecule has 0 radical (unpaired) electrons. The maximum absolute atomic E-state index is 12.3. The van der Waals surface area contributed by atoms with E-state index in [4.69, 9.17) is 27.9 Å². The molecule has 1 saturated heterocycles. The highest BCUT2D eigenvalue weighted by molar-refractivity contribution is 6.35. The van der Waals surface area contributed by atoms with Crippen molar-refractivity contribution in [1.82, 2.24) is 10.3 Å². The SMILES string of the molecule is O=C(O)C1(C(=O)NCc2c(Cl)cncc2Cl)CCOCC1. The first-order valence-electron chi connectivity index (χ1n) is 6.35. The summed E-state index contributed by atoms with van der Waals surface area (Å²) in [7, 11) is 0. The summed E-state index contributed by atoms with van der Waals surface area (Å²) >= 11 is 11.9. The summed E-state index contributed by atoms with van der Waals surface area (Å²) in [6.45, 7) is 0.544. The van der Waals surface area contributed by atoms with E-state index in [1.807, 2.05) is 0 Å². The van der Waals surface area contributed by atoms with Gasteiger partial charge in [-0.25, -0.2) is 0 Å². The van der Waals surface area contributed by atoms with E-state index in [0.717, 1.165) is 0 Å². The molecule has 0 spiro atoms. The number of pyridine rings is 1. The Kier molecular flexibility index (Phi) is 5.03. The van der Waals surface area contributed by atoms with Crippen LogP contribution in [0.2, 0.25) is 10.0 Å². The number of carbonyl (C=O) groups is 2. The van der Waals surface area contributed by atoms with Gasteiger partial charge >= 0.3 is 5.97 Å². The minimum Gasteiger partial charge on any atom is -0.480 e. The lowest BCUT2D eigenvalue weighted by Gasteiger charge is -2.31. The summed E-state index contributed by atoms with van der Waals surface area (Å²) in [5, 5.41) is 12.6. The molecule has 0 unspecified atom stereocenters. The Balaban J connectivity index is 2.11. The van der Waals surface area contributed by atoms with E-state index in [-0.39, 0.29) is 32.6 Å². The van der Waals surface area contributed by atoms with E-state index < -0.39 is 17.3 Å². The van der Waals surface area contributed by atoms with E-state index in [0.29, 0.717) is 15.6 Å². The second kappa shape index (κ2) is 6.60. The molecule has 21 heavy (non-hydrogen) atoms. The highest BCUT2D eigenvalue weighted by atomic mass is 35.5. The summed E-state index contributed by atoms with van der Waals surface area (Å²) in [4.78, 5) is 27.6.